The van der Waals surface area contributed by atoms with E-state index in [1.807, 2.05) is 13.8 Å². The van der Waals surface area contributed by atoms with E-state index >= 15 is 0 Å². The molecule has 0 spiro atoms. The SMILES string of the molecule is CC(C)c1nc(-c2c(OS(=O)(=O)C(F)(F)F)ccc3ccccc23)c2ccc(Cl)cc2n1. The predicted octanol–water partition coefficient (Wildman–Crippen LogP) is 6.46. The van der Waals surface area contributed by atoms with Gasteiger partial charge in [0.1, 0.15) is 5.82 Å². The quantitative estimate of drug-likeness (QED) is 0.248. The minimum Gasteiger partial charge on any atom is -0.375 e. The molecular weight excluding hydrogens is 465 g/mol. The lowest BCUT2D eigenvalue weighted by atomic mass is 9.98. The third-order valence-corrected chi connectivity index (χ3v) is 6.00. The van der Waals surface area contributed by atoms with Crippen molar-refractivity contribution in [3.8, 4) is 17.0 Å². The number of fused-ring (bicyclic) bond motifs is 2. The molecule has 0 atom stereocenters. The summed E-state index contributed by atoms with van der Waals surface area (Å²) in [5.74, 6) is -0.173. The average Bonchev–Trinajstić information content (AvgIpc) is 2.71. The second-order valence-corrected chi connectivity index (χ2v) is 9.36. The lowest BCUT2D eigenvalue weighted by Crippen LogP contribution is -2.28. The van der Waals surface area contributed by atoms with Gasteiger partial charge in [0.25, 0.3) is 0 Å². The smallest absolute Gasteiger partial charge is 0.375 e. The van der Waals surface area contributed by atoms with Crippen LogP contribution in [0.5, 0.6) is 5.75 Å². The van der Waals surface area contributed by atoms with Crippen LogP contribution in [0, 0.1) is 0 Å². The first-order valence-electron chi connectivity index (χ1n) is 9.48. The largest absolute Gasteiger partial charge is 0.534 e. The van der Waals surface area contributed by atoms with Crippen molar-refractivity contribution in [2.75, 3.05) is 0 Å². The summed E-state index contributed by atoms with van der Waals surface area (Å²) < 4.78 is 67.5. The number of hydrogen-bond acceptors (Lipinski definition) is 5. The van der Waals surface area contributed by atoms with Crippen molar-refractivity contribution in [3.63, 3.8) is 0 Å². The van der Waals surface area contributed by atoms with Crippen LogP contribution in [0.25, 0.3) is 32.9 Å². The van der Waals surface area contributed by atoms with Gasteiger partial charge in [0.2, 0.25) is 0 Å². The van der Waals surface area contributed by atoms with Crippen LogP contribution in [0.2, 0.25) is 5.02 Å². The minimum atomic E-state index is -5.90. The summed E-state index contributed by atoms with van der Waals surface area (Å²) in [5, 5.41) is 2.06. The van der Waals surface area contributed by atoms with Gasteiger partial charge < -0.3 is 4.18 Å². The van der Waals surface area contributed by atoms with Crippen molar-refractivity contribution >= 4 is 43.4 Å². The zero-order valence-electron chi connectivity index (χ0n) is 16.8. The molecule has 0 saturated heterocycles. The maximum atomic E-state index is 13.1. The van der Waals surface area contributed by atoms with Crippen LogP contribution in [0.3, 0.4) is 0 Å². The van der Waals surface area contributed by atoms with E-state index in [2.05, 4.69) is 14.2 Å². The van der Waals surface area contributed by atoms with E-state index in [0.717, 1.165) is 0 Å². The van der Waals surface area contributed by atoms with Crippen molar-refractivity contribution < 1.29 is 25.8 Å². The highest BCUT2D eigenvalue weighted by Crippen LogP contribution is 2.41. The molecule has 1 heterocycles. The normalized spacial score (nSPS) is 12.6. The van der Waals surface area contributed by atoms with E-state index < -0.39 is 21.4 Å². The third-order valence-electron chi connectivity index (χ3n) is 4.80. The van der Waals surface area contributed by atoms with Gasteiger partial charge in [-0.25, -0.2) is 9.97 Å². The molecule has 0 amide bonds. The minimum absolute atomic E-state index is 0.115. The Labute approximate surface area is 186 Å². The van der Waals surface area contributed by atoms with E-state index in [9.17, 15) is 21.6 Å². The molecule has 0 radical (unpaired) electrons. The molecule has 0 unspecified atom stereocenters. The Morgan fingerprint density at radius 2 is 1.69 bits per heavy atom. The highest BCUT2D eigenvalue weighted by Gasteiger charge is 2.49. The van der Waals surface area contributed by atoms with Crippen LogP contribution in [-0.4, -0.2) is 23.9 Å². The highest BCUT2D eigenvalue weighted by molar-refractivity contribution is 7.88. The van der Waals surface area contributed by atoms with Gasteiger partial charge in [0, 0.05) is 16.3 Å². The summed E-state index contributed by atoms with van der Waals surface area (Å²) in [5.41, 5.74) is -4.74. The van der Waals surface area contributed by atoms with Gasteiger partial charge in [-0.1, -0.05) is 55.8 Å². The maximum absolute atomic E-state index is 13.1. The van der Waals surface area contributed by atoms with Crippen molar-refractivity contribution in [3.05, 3.63) is 65.4 Å². The molecule has 0 N–H and O–H groups in total. The first-order valence-corrected chi connectivity index (χ1v) is 11.3. The zero-order chi connectivity index (χ0) is 23.3. The maximum Gasteiger partial charge on any atom is 0.534 e. The van der Waals surface area contributed by atoms with Crippen molar-refractivity contribution in [2.24, 2.45) is 0 Å². The van der Waals surface area contributed by atoms with E-state index in [-0.39, 0.29) is 17.2 Å². The van der Waals surface area contributed by atoms with E-state index in [4.69, 9.17) is 11.6 Å². The number of benzene rings is 3. The van der Waals surface area contributed by atoms with E-state index in [0.29, 0.717) is 32.5 Å². The molecule has 1 aromatic heterocycles. The molecule has 3 aromatic carbocycles. The molecule has 4 aromatic rings. The number of halogens is 4. The van der Waals surface area contributed by atoms with Crippen LogP contribution in [0.15, 0.2) is 54.6 Å². The Morgan fingerprint density at radius 1 is 0.969 bits per heavy atom. The molecule has 166 valence electrons. The summed E-state index contributed by atoms with van der Waals surface area (Å²) in [7, 11) is -5.90. The van der Waals surface area contributed by atoms with Gasteiger partial charge in [-0.15, -0.1) is 0 Å². The molecule has 10 heteroatoms. The van der Waals surface area contributed by atoms with Crippen molar-refractivity contribution in [2.45, 2.75) is 25.3 Å². The van der Waals surface area contributed by atoms with Gasteiger partial charge >= 0.3 is 15.6 Å². The first-order chi connectivity index (χ1) is 15.0. The fraction of sp³-hybridized carbons (Fsp3) is 0.182. The molecule has 0 fully saturated rings. The molecule has 32 heavy (non-hydrogen) atoms. The van der Waals surface area contributed by atoms with E-state index in [1.165, 1.54) is 12.1 Å². The molecule has 0 aliphatic rings. The molecular formula is C22H16ClF3N2O3S. The van der Waals surface area contributed by atoms with Gasteiger partial charge in [-0.3, -0.25) is 0 Å². The molecule has 0 saturated carbocycles. The van der Waals surface area contributed by atoms with Gasteiger partial charge in [0.15, 0.2) is 5.75 Å². The zero-order valence-corrected chi connectivity index (χ0v) is 18.4. The Bertz CT molecular complexity index is 1450. The number of rotatable bonds is 4. The monoisotopic (exact) mass is 480 g/mol. The second-order valence-electron chi connectivity index (χ2n) is 7.39. The Morgan fingerprint density at radius 3 is 2.38 bits per heavy atom. The van der Waals surface area contributed by atoms with Gasteiger partial charge in [0.05, 0.1) is 16.8 Å². The van der Waals surface area contributed by atoms with Crippen molar-refractivity contribution in [1.29, 1.82) is 0 Å². The van der Waals surface area contributed by atoms with Crippen LogP contribution >= 0.6 is 11.6 Å². The summed E-state index contributed by atoms with van der Waals surface area (Å²) in [6.45, 7) is 3.73. The molecule has 0 bridgehead atoms. The molecule has 5 nitrogen and oxygen atoms in total. The molecule has 0 aliphatic heterocycles. The second kappa shape index (κ2) is 7.90. The average molecular weight is 481 g/mol. The van der Waals surface area contributed by atoms with Crippen molar-refractivity contribution in [1.82, 2.24) is 9.97 Å². The number of hydrogen-bond donors (Lipinski definition) is 0. The molecule has 4 rings (SSSR count). The lowest BCUT2D eigenvalue weighted by molar-refractivity contribution is -0.0499. The summed E-state index contributed by atoms with van der Waals surface area (Å²) in [4.78, 5) is 9.10. The topological polar surface area (TPSA) is 69.2 Å². The first kappa shape index (κ1) is 22.3. The Hall–Kier alpha value is -2.91. The third kappa shape index (κ3) is 3.98. The van der Waals surface area contributed by atoms with Crippen LogP contribution in [-0.2, 0) is 10.1 Å². The summed E-state index contributed by atoms with van der Waals surface area (Å²) in [6, 6.07) is 14.4. The summed E-state index contributed by atoms with van der Waals surface area (Å²) >= 11 is 6.12. The fourth-order valence-corrected chi connectivity index (χ4v) is 3.94. The standard InChI is InChI=1S/C22H16ClF3N2O3S/c1-12(2)21-27-17-11-14(23)8-9-16(17)20(28-21)19-15-6-4-3-5-13(15)7-10-18(19)31-32(29,30)22(24,25)26/h3-12H,1-2H3. The van der Waals surface area contributed by atoms with Crippen LogP contribution in [0.1, 0.15) is 25.6 Å². The Kier molecular flexibility index (Phi) is 5.50. The number of alkyl halides is 3. The highest BCUT2D eigenvalue weighted by atomic mass is 35.5. The van der Waals surface area contributed by atoms with Crippen LogP contribution in [0.4, 0.5) is 13.2 Å². The van der Waals surface area contributed by atoms with Gasteiger partial charge in [-0.2, -0.15) is 21.6 Å². The number of nitrogens with zero attached hydrogens (tertiary/aromatic N) is 2. The lowest BCUT2D eigenvalue weighted by Gasteiger charge is -2.17. The predicted molar refractivity (Wildman–Crippen MR) is 117 cm³/mol. The number of aromatic nitrogens is 2. The summed E-state index contributed by atoms with van der Waals surface area (Å²) in [6.07, 6.45) is 0. The van der Waals surface area contributed by atoms with Crippen LogP contribution < -0.4 is 4.18 Å². The molecule has 0 aliphatic carbocycles. The van der Waals surface area contributed by atoms with Gasteiger partial charge in [-0.05, 0) is 35.0 Å². The van der Waals surface area contributed by atoms with E-state index in [1.54, 1.807) is 42.5 Å². The Balaban J connectivity index is 2.11. The fourth-order valence-electron chi connectivity index (χ4n) is 3.30.